The monoisotopic (exact) mass is 499 g/mol. The van der Waals surface area contributed by atoms with Gasteiger partial charge >= 0.3 is 6.18 Å². The smallest absolute Gasteiger partial charge is 0.393 e. The standard InChI is InChI=1S/C26H24F3N3O4/c27-26(28,29)20-4-2-1-3-17(20)21-12-15-6-5-14(11-18(15)23(34)30-21)19-13-22(31-24(19)35)25(36)32-9-7-16(33)8-10-32/h1-6,11-12,16,19,22,33H,7-10,13H2,(H,30,34)(H,31,35)/t19-,22?/m0/s1. The van der Waals surface area contributed by atoms with E-state index in [4.69, 9.17) is 0 Å². The summed E-state index contributed by atoms with van der Waals surface area (Å²) in [7, 11) is 0. The maximum Gasteiger partial charge on any atom is 0.417 e. The van der Waals surface area contributed by atoms with Gasteiger partial charge in [-0.15, -0.1) is 0 Å². The van der Waals surface area contributed by atoms with E-state index >= 15 is 0 Å². The molecular weight excluding hydrogens is 475 g/mol. The average Bonchev–Trinajstić information content (AvgIpc) is 3.25. The summed E-state index contributed by atoms with van der Waals surface area (Å²) in [6, 6.07) is 10.6. The minimum absolute atomic E-state index is 0.0455. The summed E-state index contributed by atoms with van der Waals surface area (Å²) < 4.78 is 40.4. The van der Waals surface area contributed by atoms with Gasteiger partial charge < -0.3 is 20.3 Å². The highest BCUT2D eigenvalue weighted by Crippen LogP contribution is 2.37. The third-order valence-corrected chi connectivity index (χ3v) is 6.97. The maximum absolute atomic E-state index is 13.5. The van der Waals surface area contributed by atoms with Gasteiger partial charge in [0.25, 0.3) is 5.56 Å². The number of alkyl halides is 3. The van der Waals surface area contributed by atoms with Crippen LogP contribution in [0.5, 0.6) is 0 Å². The first-order valence-corrected chi connectivity index (χ1v) is 11.7. The highest BCUT2D eigenvalue weighted by Gasteiger charge is 2.39. The Morgan fingerprint density at radius 2 is 1.75 bits per heavy atom. The van der Waals surface area contributed by atoms with E-state index in [0.717, 1.165) is 6.07 Å². The summed E-state index contributed by atoms with van der Waals surface area (Å²) in [4.78, 5) is 42.6. The van der Waals surface area contributed by atoms with Crippen molar-refractivity contribution in [2.75, 3.05) is 13.1 Å². The van der Waals surface area contributed by atoms with Gasteiger partial charge in [-0.1, -0.05) is 30.3 Å². The van der Waals surface area contributed by atoms with E-state index in [1.165, 1.54) is 24.3 Å². The fraction of sp³-hybridized carbons (Fsp3) is 0.346. The molecule has 3 heterocycles. The highest BCUT2D eigenvalue weighted by atomic mass is 19.4. The zero-order chi connectivity index (χ0) is 25.6. The van der Waals surface area contributed by atoms with Crippen molar-refractivity contribution >= 4 is 22.6 Å². The van der Waals surface area contributed by atoms with Crippen LogP contribution in [0.1, 0.15) is 36.3 Å². The van der Waals surface area contributed by atoms with E-state index in [1.807, 2.05) is 0 Å². The van der Waals surface area contributed by atoms with E-state index in [0.29, 0.717) is 36.9 Å². The fourth-order valence-corrected chi connectivity index (χ4v) is 5.04. The number of hydrogen-bond acceptors (Lipinski definition) is 4. The maximum atomic E-state index is 13.5. The molecule has 1 aromatic heterocycles. The number of halogens is 3. The Labute approximate surface area is 203 Å². The average molecular weight is 499 g/mol. The van der Waals surface area contributed by atoms with Crippen LogP contribution in [0.3, 0.4) is 0 Å². The molecule has 2 aromatic carbocycles. The fourth-order valence-electron chi connectivity index (χ4n) is 5.04. The number of aromatic nitrogens is 1. The van der Waals surface area contributed by atoms with E-state index in [9.17, 15) is 32.7 Å². The number of aliphatic hydroxyl groups excluding tert-OH is 1. The number of carbonyl (C=O) groups is 2. The number of nitrogens with zero attached hydrogens (tertiary/aromatic N) is 1. The number of rotatable bonds is 3. The summed E-state index contributed by atoms with van der Waals surface area (Å²) in [6.45, 7) is 0.865. The lowest BCUT2D eigenvalue weighted by Crippen LogP contribution is -2.48. The number of amides is 2. The quantitative estimate of drug-likeness (QED) is 0.515. The topological polar surface area (TPSA) is 102 Å². The molecule has 10 heteroatoms. The van der Waals surface area contributed by atoms with E-state index in [2.05, 4.69) is 10.3 Å². The number of nitrogens with one attached hydrogen (secondary N) is 2. The second kappa shape index (κ2) is 9.09. The van der Waals surface area contributed by atoms with Crippen molar-refractivity contribution < 1.29 is 27.9 Å². The molecule has 0 saturated carbocycles. The van der Waals surface area contributed by atoms with Gasteiger partial charge in [0.15, 0.2) is 0 Å². The van der Waals surface area contributed by atoms with Gasteiger partial charge in [0.1, 0.15) is 6.04 Å². The van der Waals surface area contributed by atoms with Crippen LogP contribution in [-0.4, -0.2) is 52.0 Å². The minimum Gasteiger partial charge on any atom is -0.393 e. The number of pyridine rings is 1. The lowest BCUT2D eigenvalue weighted by molar-refractivity contribution is -0.137. The number of aliphatic hydroxyl groups is 1. The third kappa shape index (κ3) is 4.48. The second-order valence-electron chi connectivity index (χ2n) is 9.31. The molecule has 2 atom stereocenters. The Morgan fingerprint density at radius 3 is 2.47 bits per heavy atom. The summed E-state index contributed by atoms with van der Waals surface area (Å²) in [5.74, 6) is -1.15. The Hall–Kier alpha value is -3.66. The van der Waals surface area contributed by atoms with Crippen LogP contribution in [0.2, 0.25) is 0 Å². The van der Waals surface area contributed by atoms with Crippen molar-refractivity contribution in [3.8, 4) is 11.3 Å². The van der Waals surface area contributed by atoms with Crippen LogP contribution in [0.15, 0.2) is 53.3 Å². The SMILES string of the molecule is O=C1NC(C(=O)N2CCC(O)CC2)C[C@H]1c1ccc2cc(-c3ccccc3C(F)(F)F)[nH]c(=O)c2c1. The van der Waals surface area contributed by atoms with Gasteiger partial charge in [-0.3, -0.25) is 14.4 Å². The van der Waals surface area contributed by atoms with Crippen LogP contribution in [0, 0.1) is 0 Å². The van der Waals surface area contributed by atoms with Gasteiger partial charge in [-0.05, 0) is 48.4 Å². The molecule has 2 aliphatic rings. The molecule has 5 rings (SSSR count). The Morgan fingerprint density at radius 1 is 1.03 bits per heavy atom. The number of likely N-dealkylation sites (tertiary alicyclic amines) is 1. The summed E-state index contributed by atoms with van der Waals surface area (Å²) in [5.41, 5.74) is -0.949. The predicted molar refractivity (Wildman–Crippen MR) is 126 cm³/mol. The second-order valence-corrected chi connectivity index (χ2v) is 9.31. The molecular formula is C26H24F3N3O4. The molecule has 2 saturated heterocycles. The molecule has 2 amide bonds. The van der Waals surface area contributed by atoms with Crippen molar-refractivity contribution in [1.29, 1.82) is 0 Å². The molecule has 188 valence electrons. The van der Waals surface area contributed by atoms with Crippen molar-refractivity contribution in [3.63, 3.8) is 0 Å². The van der Waals surface area contributed by atoms with Crippen molar-refractivity contribution in [2.24, 2.45) is 0 Å². The third-order valence-electron chi connectivity index (χ3n) is 6.97. The molecule has 0 bridgehead atoms. The first-order valence-electron chi connectivity index (χ1n) is 11.7. The molecule has 7 nitrogen and oxygen atoms in total. The number of piperidine rings is 1. The molecule has 3 aromatic rings. The zero-order valence-electron chi connectivity index (χ0n) is 19.1. The van der Waals surface area contributed by atoms with Crippen LogP contribution in [-0.2, 0) is 15.8 Å². The van der Waals surface area contributed by atoms with Crippen molar-refractivity contribution in [1.82, 2.24) is 15.2 Å². The Kier molecular flexibility index (Phi) is 6.07. The number of hydrogen-bond donors (Lipinski definition) is 3. The molecule has 0 spiro atoms. The van der Waals surface area contributed by atoms with Gasteiger partial charge in [0, 0.05) is 29.7 Å². The van der Waals surface area contributed by atoms with Crippen LogP contribution in [0.25, 0.3) is 22.0 Å². The molecule has 3 N–H and O–H groups in total. The number of benzene rings is 2. The predicted octanol–water partition coefficient (Wildman–Crippen LogP) is 3.17. The number of carbonyl (C=O) groups excluding carboxylic acids is 2. The van der Waals surface area contributed by atoms with Crippen LogP contribution in [0.4, 0.5) is 13.2 Å². The number of aromatic amines is 1. The van der Waals surface area contributed by atoms with Gasteiger partial charge in [0.05, 0.1) is 17.6 Å². The molecule has 2 fully saturated rings. The molecule has 2 aliphatic heterocycles. The van der Waals surface area contributed by atoms with Crippen LogP contribution >= 0.6 is 0 Å². The lowest BCUT2D eigenvalue weighted by atomic mass is 9.93. The van der Waals surface area contributed by atoms with Gasteiger partial charge in [0.2, 0.25) is 11.8 Å². The van der Waals surface area contributed by atoms with E-state index < -0.39 is 35.4 Å². The number of fused-ring (bicyclic) bond motifs is 1. The van der Waals surface area contributed by atoms with Crippen molar-refractivity contribution in [3.05, 3.63) is 70.0 Å². The summed E-state index contributed by atoms with van der Waals surface area (Å²) >= 11 is 0. The summed E-state index contributed by atoms with van der Waals surface area (Å²) in [5, 5.41) is 13.1. The largest absolute Gasteiger partial charge is 0.417 e. The molecule has 36 heavy (non-hydrogen) atoms. The van der Waals surface area contributed by atoms with E-state index in [1.54, 1.807) is 23.1 Å². The zero-order valence-corrected chi connectivity index (χ0v) is 19.1. The normalized spacial score (nSPS) is 21.1. The van der Waals surface area contributed by atoms with Crippen molar-refractivity contribution in [2.45, 2.75) is 43.5 Å². The Bertz CT molecular complexity index is 1390. The van der Waals surface area contributed by atoms with E-state index in [-0.39, 0.29) is 34.9 Å². The highest BCUT2D eigenvalue weighted by molar-refractivity contribution is 5.95. The molecule has 1 unspecified atom stereocenters. The molecule has 0 radical (unpaired) electrons. The van der Waals surface area contributed by atoms with Crippen LogP contribution < -0.4 is 10.9 Å². The minimum atomic E-state index is -4.58. The Balaban J connectivity index is 1.42. The first-order chi connectivity index (χ1) is 17.1. The summed E-state index contributed by atoms with van der Waals surface area (Å²) in [6.07, 6.45) is -3.77. The van der Waals surface area contributed by atoms with Gasteiger partial charge in [-0.2, -0.15) is 13.2 Å². The first kappa shape index (κ1) is 24.1. The van der Waals surface area contributed by atoms with Gasteiger partial charge in [-0.25, -0.2) is 0 Å². The lowest BCUT2D eigenvalue weighted by Gasteiger charge is -2.31. The number of H-pyrrole nitrogens is 1. The molecule has 0 aliphatic carbocycles.